The van der Waals surface area contributed by atoms with E-state index in [4.69, 9.17) is 9.47 Å². The highest BCUT2D eigenvalue weighted by molar-refractivity contribution is 5.36. The summed E-state index contributed by atoms with van der Waals surface area (Å²) < 4.78 is 228. The fraction of sp³-hybridized carbons (Fsp3) is 0.333. The predicted molar refractivity (Wildman–Crippen MR) is 163 cm³/mol. The Labute approximate surface area is 302 Å². The fourth-order valence-electron chi connectivity index (χ4n) is 5.25. The third-order valence-electron chi connectivity index (χ3n) is 7.83. The average Bonchev–Trinajstić information content (AvgIpc) is 3.01. The van der Waals surface area contributed by atoms with Gasteiger partial charge in [-0.3, -0.25) is 0 Å². The lowest BCUT2D eigenvalue weighted by molar-refractivity contribution is -0.190. The topological polar surface area (TPSA) is 36.9 Å². The quantitative estimate of drug-likeness (QED) is 0.0835. The molecule has 4 aromatic carbocycles. The van der Waals surface area contributed by atoms with Crippen LogP contribution in [0, 0.1) is 52.0 Å². The van der Waals surface area contributed by atoms with Crippen LogP contribution in [0.5, 0.6) is 23.0 Å². The van der Waals surface area contributed by atoms with Crippen LogP contribution in [0.15, 0.2) is 54.6 Å². The second-order valence-electron chi connectivity index (χ2n) is 12.7. The molecule has 0 radical (unpaired) electrons. The average molecular weight is 809 g/mol. The maximum Gasteiger partial charge on any atom is 0.432 e. The molecule has 0 spiro atoms. The van der Waals surface area contributed by atoms with Gasteiger partial charge in [-0.05, 0) is 43.2 Å². The van der Waals surface area contributed by atoms with Crippen molar-refractivity contribution in [1.29, 1.82) is 0 Å². The summed E-state index contributed by atoms with van der Waals surface area (Å²) in [5.41, 5.74) is -6.66. The Balaban J connectivity index is 1.26. The molecule has 19 heteroatoms. The molecule has 0 fully saturated rings. The van der Waals surface area contributed by atoms with Crippen LogP contribution < -0.4 is 18.9 Å². The molecule has 0 atom stereocenters. The Hall–Kier alpha value is -4.97. The molecule has 0 aromatic heterocycles. The zero-order valence-corrected chi connectivity index (χ0v) is 28.2. The lowest BCUT2D eigenvalue weighted by Gasteiger charge is -2.25. The van der Waals surface area contributed by atoms with E-state index in [2.05, 4.69) is 9.47 Å². The lowest BCUT2D eigenvalue weighted by Crippen LogP contribution is -2.25. The normalized spacial score (nSPS) is 12.5. The molecule has 0 heterocycles. The summed E-state index contributed by atoms with van der Waals surface area (Å²) in [6, 6.07) is 2.64. The first kappa shape index (κ1) is 42.8. The molecule has 0 unspecified atom stereocenters. The van der Waals surface area contributed by atoms with Crippen molar-refractivity contribution in [2.75, 3.05) is 13.2 Å². The Kier molecular flexibility index (Phi) is 12.8. The van der Waals surface area contributed by atoms with E-state index >= 15 is 0 Å². The van der Waals surface area contributed by atoms with Crippen molar-refractivity contribution in [2.24, 2.45) is 5.41 Å². The van der Waals surface area contributed by atoms with E-state index in [1.165, 1.54) is 0 Å². The lowest BCUT2D eigenvalue weighted by atomic mass is 9.83. The summed E-state index contributed by atoms with van der Waals surface area (Å²) >= 11 is 0. The highest BCUT2D eigenvalue weighted by Gasteiger charge is 2.44. The van der Waals surface area contributed by atoms with Gasteiger partial charge in [-0.15, -0.1) is 0 Å². The van der Waals surface area contributed by atoms with E-state index < -0.39 is 110 Å². The minimum Gasteiger partial charge on any atom is -0.493 e. The summed E-state index contributed by atoms with van der Waals surface area (Å²) in [4.78, 5) is 0. The van der Waals surface area contributed by atoms with Crippen molar-refractivity contribution in [3.8, 4) is 23.0 Å². The Morgan fingerprint density at radius 3 is 1.15 bits per heavy atom. The molecule has 0 amide bonds. The van der Waals surface area contributed by atoms with Crippen LogP contribution in [0.2, 0.25) is 0 Å². The van der Waals surface area contributed by atoms with Gasteiger partial charge < -0.3 is 18.9 Å². The molecule has 4 aromatic rings. The molecule has 55 heavy (non-hydrogen) atoms. The van der Waals surface area contributed by atoms with Gasteiger partial charge in [-0.25, -0.2) is 35.1 Å². The summed E-state index contributed by atoms with van der Waals surface area (Å²) in [5.74, 6) is -18.2. The molecule has 0 aliphatic heterocycles. The first-order valence-electron chi connectivity index (χ1n) is 15.8. The minimum absolute atomic E-state index is 0.123. The highest BCUT2D eigenvalue weighted by atomic mass is 19.4. The number of ether oxygens (including phenoxy) is 4. The van der Waals surface area contributed by atoms with Crippen molar-refractivity contribution in [3.63, 3.8) is 0 Å². The van der Waals surface area contributed by atoms with E-state index in [1.54, 1.807) is 13.8 Å². The van der Waals surface area contributed by atoms with Crippen LogP contribution in [0.1, 0.15) is 56.2 Å². The van der Waals surface area contributed by atoms with Crippen molar-refractivity contribution in [3.05, 3.63) is 118 Å². The summed E-state index contributed by atoms with van der Waals surface area (Å²) in [6.45, 7) is 3.31. The Bertz CT molecular complexity index is 1930. The number of rotatable bonds is 16. The van der Waals surface area contributed by atoms with Gasteiger partial charge in [0.05, 0.1) is 13.2 Å². The van der Waals surface area contributed by atoms with Crippen LogP contribution in [-0.2, 0) is 18.4 Å². The molecule has 0 aliphatic carbocycles. The van der Waals surface area contributed by atoms with E-state index in [-0.39, 0.29) is 44.3 Å². The van der Waals surface area contributed by atoms with Crippen molar-refractivity contribution >= 4 is 0 Å². The van der Waals surface area contributed by atoms with Gasteiger partial charge >= 0.3 is 18.4 Å². The van der Waals surface area contributed by atoms with Gasteiger partial charge in [0.15, 0.2) is 11.6 Å². The first-order chi connectivity index (χ1) is 25.4. The van der Waals surface area contributed by atoms with Crippen molar-refractivity contribution in [1.82, 2.24) is 0 Å². The molecular weight excluding hydrogens is 781 g/mol. The van der Waals surface area contributed by atoms with E-state index in [0.717, 1.165) is 0 Å². The number of benzene rings is 4. The van der Waals surface area contributed by atoms with E-state index in [0.29, 0.717) is 49.2 Å². The Morgan fingerprint density at radius 1 is 0.418 bits per heavy atom. The van der Waals surface area contributed by atoms with Gasteiger partial charge in [0, 0.05) is 42.5 Å². The van der Waals surface area contributed by atoms with E-state index in [1.807, 2.05) is 0 Å². The largest absolute Gasteiger partial charge is 0.493 e. The van der Waals surface area contributed by atoms with Crippen LogP contribution in [0.4, 0.5) is 65.9 Å². The van der Waals surface area contributed by atoms with E-state index in [9.17, 15) is 65.9 Å². The molecule has 0 aliphatic rings. The zero-order valence-electron chi connectivity index (χ0n) is 28.2. The zero-order chi connectivity index (χ0) is 41.1. The predicted octanol–water partition coefficient (Wildman–Crippen LogP) is 12.1. The van der Waals surface area contributed by atoms with Crippen molar-refractivity contribution in [2.45, 2.75) is 57.9 Å². The monoisotopic (exact) mass is 808 g/mol. The maximum atomic E-state index is 14.6. The standard InChI is InChI=1S/C36H27F15O4/c1-33(2,7-3-9-52-19-12-26(41)31(27(42)13-19)35(48,49)54-18-5-6-22(37)23(38)11-18)8-4-10-53-20-14-28(43)32(29(44)15-20)36(50,51)55-21-16-24(39)30(25(40)17-21)34(45,46)47/h5-6,11-17H,3-4,7-10H2,1-2H3. The molecule has 0 bridgehead atoms. The van der Waals surface area contributed by atoms with Crippen molar-refractivity contribution < 1.29 is 84.8 Å². The first-order valence-corrected chi connectivity index (χ1v) is 15.8. The second kappa shape index (κ2) is 16.4. The molecule has 0 saturated heterocycles. The van der Waals surface area contributed by atoms with Gasteiger partial charge in [-0.2, -0.15) is 30.7 Å². The molecule has 4 nitrogen and oxygen atoms in total. The van der Waals surface area contributed by atoms with Gasteiger partial charge in [-0.1, -0.05) is 13.8 Å². The smallest absolute Gasteiger partial charge is 0.432 e. The van der Waals surface area contributed by atoms with Crippen LogP contribution in [0.25, 0.3) is 0 Å². The summed E-state index contributed by atoms with van der Waals surface area (Å²) in [5, 5.41) is 0. The number of hydrogen-bond acceptors (Lipinski definition) is 4. The molecule has 0 N–H and O–H groups in total. The highest BCUT2D eigenvalue weighted by Crippen LogP contribution is 2.41. The van der Waals surface area contributed by atoms with Crippen LogP contribution in [-0.4, -0.2) is 13.2 Å². The molecular formula is C36H27F15O4. The van der Waals surface area contributed by atoms with Crippen LogP contribution in [0.3, 0.4) is 0 Å². The SMILES string of the molecule is CC(C)(CCCOc1cc(F)c(C(F)(F)Oc2ccc(F)c(F)c2)c(F)c1)CCCOc1cc(F)c(C(F)(F)Oc2cc(F)c(C(F)(F)F)c(F)c2)c(F)c1. The molecule has 4 rings (SSSR count). The third-order valence-corrected chi connectivity index (χ3v) is 7.83. The summed E-state index contributed by atoms with van der Waals surface area (Å²) in [7, 11) is 0. The second-order valence-corrected chi connectivity index (χ2v) is 12.7. The number of hydrogen-bond donors (Lipinski definition) is 0. The van der Waals surface area contributed by atoms with Gasteiger partial charge in [0.1, 0.15) is 74.6 Å². The summed E-state index contributed by atoms with van der Waals surface area (Å²) in [6.07, 6.45) is -13.7. The van der Waals surface area contributed by atoms with Crippen LogP contribution >= 0.6 is 0 Å². The number of alkyl halides is 7. The minimum atomic E-state index is -5.51. The van der Waals surface area contributed by atoms with Gasteiger partial charge in [0.2, 0.25) is 0 Å². The molecule has 0 saturated carbocycles. The maximum absolute atomic E-state index is 14.6. The molecule has 300 valence electrons. The number of halogens is 15. The Morgan fingerprint density at radius 2 is 0.764 bits per heavy atom. The van der Waals surface area contributed by atoms with Gasteiger partial charge in [0.25, 0.3) is 0 Å². The fourth-order valence-corrected chi connectivity index (χ4v) is 5.25. The third kappa shape index (κ3) is 10.8.